The number of nitro groups is 1. The van der Waals surface area contributed by atoms with Gasteiger partial charge in [-0.15, -0.1) is 0 Å². The summed E-state index contributed by atoms with van der Waals surface area (Å²) in [5, 5.41) is 30.4. The summed E-state index contributed by atoms with van der Waals surface area (Å²) < 4.78 is 5.43. The number of aromatic nitrogens is 2. The fourth-order valence-electron chi connectivity index (χ4n) is 2.46. The van der Waals surface area contributed by atoms with Gasteiger partial charge < -0.3 is 14.6 Å². The lowest BCUT2D eigenvalue weighted by Gasteiger charge is -2.05. The van der Waals surface area contributed by atoms with Gasteiger partial charge in [-0.3, -0.25) is 10.1 Å². The van der Waals surface area contributed by atoms with E-state index in [1.54, 1.807) is 0 Å². The van der Waals surface area contributed by atoms with Crippen LogP contribution in [0.5, 0.6) is 11.5 Å². The van der Waals surface area contributed by atoms with Crippen molar-refractivity contribution in [2.45, 2.75) is 13.8 Å². The van der Waals surface area contributed by atoms with Crippen molar-refractivity contribution in [3.8, 4) is 34.2 Å². The smallest absolute Gasteiger partial charge is 0.315 e. The van der Waals surface area contributed by atoms with Crippen molar-refractivity contribution in [3.63, 3.8) is 0 Å². The van der Waals surface area contributed by atoms with E-state index in [-0.39, 0.29) is 22.3 Å². The molecule has 0 radical (unpaired) electrons. The lowest BCUT2D eigenvalue weighted by Crippen LogP contribution is -1.92. The lowest BCUT2D eigenvalue weighted by molar-refractivity contribution is -0.385. The highest BCUT2D eigenvalue weighted by Gasteiger charge is 2.22. The molecule has 25 heavy (non-hydrogen) atoms. The first-order valence-corrected chi connectivity index (χ1v) is 7.46. The molecule has 2 N–H and O–H groups in total. The van der Waals surface area contributed by atoms with E-state index in [9.17, 15) is 20.3 Å². The van der Waals surface area contributed by atoms with Crippen LogP contribution < -0.4 is 0 Å². The largest absolute Gasteiger partial charge is 0.504 e. The molecule has 2 heterocycles. The molecule has 0 unspecified atom stereocenters. The van der Waals surface area contributed by atoms with E-state index in [0.29, 0.717) is 5.56 Å². The summed E-state index contributed by atoms with van der Waals surface area (Å²) >= 11 is 6.16. The van der Waals surface area contributed by atoms with Crippen LogP contribution in [0.15, 0.2) is 28.9 Å². The Kier molecular flexibility index (Phi) is 4.05. The van der Waals surface area contributed by atoms with Gasteiger partial charge in [-0.1, -0.05) is 11.6 Å². The highest BCUT2D eigenvalue weighted by Crippen LogP contribution is 2.40. The van der Waals surface area contributed by atoms with Gasteiger partial charge in [0.25, 0.3) is 0 Å². The Labute approximate surface area is 146 Å². The van der Waals surface area contributed by atoms with E-state index in [1.165, 1.54) is 6.26 Å². The van der Waals surface area contributed by atoms with Crippen molar-refractivity contribution < 1.29 is 19.6 Å². The van der Waals surface area contributed by atoms with Crippen molar-refractivity contribution in [1.29, 1.82) is 0 Å². The van der Waals surface area contributed by atoms with Gasteiger partial charge in [-0.05, 0) is 31.5 Å². The topological polar surface area (TPSA) is 123 Å². The van der Waals surface area contributed by atoms with Crippen LogP contribution >= 0.6 is 11.6 Å². The second kappa shape index (κ2) is 6.06. The second-order valence-corrected chi connectivity index (χ2v) is 5.76. The first kappa shape index (κ1) is 16.7. The van der Waals surface area contributed by atoms with Gasteiger partial charge in [-0.2, -0.15) is 0 Å². The number of rotatable bonds is 3. The molecule has 2 aromatic heterocycles. The van der Waals surface area contributed by atoms with Crippen LogP contribution in [0.4, 0.5) is 5.69 Å². The number of pyridine rings is 1. The molecule has 0 fully saturated rings. The lowest BCUT2D eigenvalue weighted by atomic mass is 10.1. The Morgan fingerprint density at radius 3 is 2.56 bits per heavy atom. The summed E-state index contributed by atoms with van der Waals surface area (Å²) in [6.45, 7) is 3.64. The number of halogens is 1. The van der Waals surface area contributed by atoms with E-state index in [0.717, 1.165) is 23.4 Å². The summed E-state index contributed by atoms with van der Waals surface area (Å²) in [5.41, 5.74) is 1.89. The number of hydrogen-bond acceptors (Lipinski definition) is 7. The zero-order valence-corrected chi connectivity index (χ0v) is 13.9. The standard InChI is InChI=1S/C16H12ClN3O5/c1-7-3-8(2)18-15(17)13(7)16-19-10(6-25-16)9-4-11(20(23)24)14(22)12(21)5-9/h3-6,21-22H,1-2H3. The molecular formula is C16H12ClN3O5. The zero-order valence-electron chi connectivity index (χ0n) is 13.1. The Morgan fingerprint density at radius 1 is 1.20 bits per heavy atom. The molecule has 0 atom stereocenters. The number of hydrogen-bond donors (Lipinski definition) is 2. The van der Waals surface area contributed by atoms with Gasteiger partial charge >= 0.3 is 5.69 Å². The van der Waals surface area contributed by atoms with Gasteiger partial charge in [0.05, 0.1) is 10.5 Å². The molecule has 3 rings (SSSR count). The minimum absolute atomic E-state index is 0.195. The van der Waals surface area contributed by atoms with Gasteiger partial charge in [-0.25, -0.2) is 9.97 Å². The third-order valence-electron chi connectivity index (χ3n) is 3.58. The number of phenols is 2. The van der Waals surface area contributed by atoms with Gasteiger partial charge in [0.1, 0.15) is 17.1 Å². The van der Waals surface area contributed by atoms with Gasteiger partial charge in [0.15, 0.2) is 5.75 Å². The predicted molar refractivity (Wildman–Crippen MR) is 89.6 cm³/mol. The number of benzene rings is 1. The summed E-state index contributed by atoms with van der Waals surface area (Å²) in [5.74, 6) is -1.24. The fraction of sp³-hybridized carbons (Fsp3) is 0.125. The number of nitro benzene ring substituents is 1. The molecule has 8 nitrogen and oxygen atoms in total. The average molecular weight is 362 g/mol. The zero-order chi connectivity index (χ0) is 18.3. The molecule has 0 aliphatic heterocycles. The van der Waals surface area contributed by atoms with Crippen molar-refractivity contribution >= 4 is 17.3 Å². The SMILES string of the molecule is Cc1cc(C)c(-c2nc(-c3cc(O)c(O)c([N+](=O)[O-])c3)co2)c(Cl)n1. The fourth-order valence-corrected chi connectivity index (χ4v) is 2.82. The molecule has 0 saturated carbocycles. The van der Waals surface area contributed by atoms with Crippen LogP contribution in [0.3, 0.4) is 0 Å². The van der Waals surface area contributed by atoms with Crippen LogP contribution in [0.2, 0.25) is 5.15 Å². The van der Waals surface area contributed by atoms with Crippen LogP contribution in [0.1, 0.15) is 11.3 Å². The molecule has 9 heteroatoms. The third kappa shape index (κ3) is 2.99. The molecule has 3 aromatic rings. The monoisotopic (exact) mass is 361 g/mol. The minimum atomic E-state index is -0.806. The normalized spacial score (nSPS) is 10.8. The van der Waals surface area contributed by atoms with Crippen molar-refractivity contribution in [2.75, 3.05) is 0 Å². The van der Waals surface area contributed by atoms with Crippen molar-refractivity contribution in [3.05, 3.63) is 51.0 Å². The van der Waals surface area contributed by atoms with E-state index in [4.69, 9.17) is 16.0 Å². The maximum Gasteiger partial charge on any atom is 0.315 e. The number of oxazole rings is 1. The van der Waals surface area contributed by atoms with E-state index in [2.05, 4.69) is 9.97 Å². The van der Waals surface area contributed by atoms with Crippen LogP contribution in [-0.4, -0.2) is 25.1 Å². The van der Waals surface area contributed by atoms with E-state index < -0.39 is 22.1 Å². The molecule has 128 valence electrons. The van der Waals surface area contributed by atoms with Crippen LogP contribution in [0.25, 0.3) is 22.7 Å². The molecule has 0 saturated heterocycles. The maximum atomic E-state index is 11.0. The molecule has 1 aromatic carbocycles. The highest BCUT2D eigenvalue weighted by molar-refractivity contribution is 6.32. The molecule has 0 amide bonds. The first-order valence-electron chi connectivity index (χ1n) is 7.08. The summed E-state index contributed by atoms with van der Waals surface area (Å²) in [7, 11) is 0. The van der Waals surface area contributed by atoms with E-state index in [1.807, 2.05) is 19.9 Å². The quantitative estimate of drug-likeness (QED) is 0.313. The Hall–Kier alpha value is -3.13. The minimum Gasteiger partial charge on any atom is -0.504 e. The Balaban J connectivity index is 2.11. The summed E-state index contributed by atoms with van der Waals surface area (Å²) in [6, 6.07) is 4.08. The first-order chi connectivity index (χ1) is 11.8. The number of phenolic OH excluding ortho intramolecular Hbond substituents is 2. The molecule has 0 aliphatic carbocycles. The molecule has 0 spiro atoms. The van der Waals surface area contributed by atoms with Gasteiger partial charge in [0, 0.05) is 17.3 Å². The van der Waals surface area contributed by atoms with E-state index >= 15 is 0 Å². The predicted octanol–water partition coefficient (Wildman–Crippen LogP) is 3.99. The Bertz CT molecular complexity index is 976. The summed E-state index contributed by atoms with van der Waals surface area (Å²) in [4.78, 5) is 18.6. The molecule has 0 bridgehead atoms. The van der Waals surface area contributed by atoms with Gasteiger partial charge in [0.2, 0.25) is 11.6 Å². The summed E-state index contributed by atoms with van der Waals surface area (Å²) in [6.07, 6.45) is 1.28. The number of aryl methyl sites for hydroxylation is 2. The average Bonchev–Trinajstić information content (AvgIpc) is 2.98. The van der Waals surface area contributed by atoms with Crippen molar-refractivity contribution in [2.24, 2.45) is 0 Å². The second-order valence-electron chi connectivity index (χ2n) is 5.40. The number of nitrogens with zero attached hydrogens (tertiary/aromatic N) is 3. The van der Waals surface area contributed by atoms with Crippen LogP contribution in [-0.2, 0) is 0 Å². The number of aromatic hydroxyl groups is 2. The Morgan fingerprint density at radius 2 is 1.92 bits per heavy atom. The van der Waals surface area contributed by atoms with Crippen molar-refractivity contribution in [1.82, 2.24) is 9.97 Å². The maximum absolute atomic E-state index is 11.0. The molecule has 0 aliphatic rings. The third-order valence-corrected chi connectivity index (χ3v) is 3.85. The highest BCUT2D eigenvalue weighted by atomic mass is 35.5. The molecular weight excluding hydrogens is 350 g/mol. The van der Waals surface area contributed by atoms with Crippen LogP contribution in [0, 0.1) is 24.0 Å².